The molecule has 0 spiro atoms. The van der Waals surface area contributed by atoms with Gasteiger partial charge in [0.15, 0.2) is 0 Å². The molecule has 0 fully saturated rings. The molecule has 7 aromatic rings. The Morgan fingerprint density at radius 1 is 0.468 bits per heavy atom. The van der Waals surface area contributed by atoms with Crippen molar-refractivity contribution in [1.82, 2.24) is 4.98 Å². The molecule has 0 saturated heterocycles. The van der Waals surface area contributed by atoms with Crippen molar-refractivity contribution >= 4 is 33.1 Å². The number of fused-ring (bicyclic) bond motifs is 3. The van der Waals surface area contributed by atoms with E-state index < -0.39 is 0 Å². The Morgan fingerprint density at radius 2 is 1.04 bits per heavy atom. The number of nitrogens with zero attached hydrogens (tertiary/aromatic N) is 2. The minimum Gasteiger partial charge on any atom is -0.295 e. The van der Waals surface area contributed by atoms with Crippen LogP contribution in [0.5, 0.6) is 0 Å². The van der Waals surface area contributed by atoms with Crippen LogP contribution in [0.25, 0.3) is 44.5 Å². The maximum Gasteiger partial charge on any atom is 0.137 e. The number of pyridine rings is 1. The number of benzene rings is 6. The van der Waals surface area contributed by atoms with Crippen molar-refractivity contribution in [3.05, 3.63) is 180 Å². The minimum absolute atomic E-state index is 0.101. The van der Waals surface area contributed by atoms with Crippen LogP contribution in [0.2, 0.25) is 0 Å². The van der Waals surface area contributed by atoms with Crippen LogP contribution in [0.1, 0.15) is 25.0 Å². The Kier molecular flexibility index (Phi) is 7.35. The summed E-state index contributed by atoms with van der Waals surface area (Å²) in [5.41, 5.74) is 14.6. The highest BCUT2D eigenvalue weighted by atomic mass is 79.9. The molecule has 1 heterocycles. The molecule has 0 bridgehead atoms. The Bertz CT molecular complexity index is 2160. The van der Waals surface area contributed by atoms with Gasteiger partial charge in [0.1, 0.15) is 5.82 Å². The van der Waals surface area contributed by atoms with E-state index in [0.29, 0.717) is 0 Å². The third-order valence-corrected chi connectivity index (χ3v) is 9.92. The fourth-order valence-corrected chi connectivity index (χ4v) is 7.15. The molecular weight excluding hydrogens is 636 g/mol. The summed E-state index contributed by atoms with van der Waals surface area (Å²) < 4.78 is 1.09. The predicted octanol–water partition coefficient (Wildman–Crippen LogP) is 12.6. The van der Waals surface area contributed by atoms with Gasteiger partial charge in [0, 0.05) is 33.0 Å². The van der Waals surface area contributed by atoms with Crippen LogP contribution in [-0.2, 0) is 5.41 Å². The zero-order valence-electron chi connectivity index (χ0n) is 26.4. The van der Waals surface area contributed by atoms with Crippen molar-refractivity contribution in [3.8, 4) is 44.5 Å². The molecule has 0 unspecified atom stereocenters. The molecule has 3 heteroatoms. The largest absolute Gasteiger partial charge is 0.295 e. The van der Waals surface area contributed by atoms with Gasteiger partial charge >= 0.3 is 0 Å². The first-order chi connectivity index (χ1) is 23.0. The van der Waals surface area contributed by atoms with E-state index in [0.717, 1.165) is 27.2 Å². The molecule has 1 aromatic heterocycles. The molecule has 1 aliphatic rings. The van der Waals surface area contributed by atoms with Crippen LogP contribution < -0.4 is 4.90 Å². The third kappa shape index (κ3) is 5.37. The first-order valence-electron chi connectivity index (χ1n) is 16.0. The molecule has 2 nitrogen and oxygen atoms in total. The van der Waals surface area contributed by atoms with Gasteiger partial charge < -0.3 is 0 Å². The summed E-state index contributed by atoms with van der Waals surface area (Å²) in [4.78, 5) is 7.17. The van der Waals surface area contributed by atoms with Gasteiger partial charge in [0.2, 0.25) is 0 Å². The van der Waals surface area contributed by atoms with E-state index in [1.807, 2.05) is 18.3 Å². The molecule has 0 amide bonds. The summed E-state index contributed by atoms with van der Waals surface area (Å²) in [6.45, 7) is 4.69. The Morgan fingerprint density at radius 3 is 1.70 bits per heavy atom. The molecule has 0 radical (unpaired) electrons. The van der Waals surface area contributed by atoms with Gasteiger partial charge in [-0.15, -0.1) is 0 Å². The normalized spacial score (nSPS) is 12.7. The van der Waals surface area contributed by atoms with Gasteiger partial charge in [-0.05, 0) is 117 Å². The second-order valence-electron chi connectivity index (χ2n) is 12.6. The lowest BCUT2D eigenvalue weighted by molar-refractivity contribution is 0.660. The number of aromatic nitrogens is 1. The molecule has 8 rings (SSSR count). The lowest BCUT2D eigenvalue weighted by Crippen LogP contribution is -2.15. The predicted molar refractivity (Wildman–Crippen MR) is 200 cm³/mol. The van der Waals surface area contributed by atoms with Gasteiger partial charge in [0.05, 0.1) is 0 Å². The quantitative estimate of drug-likeness (QED) is 0.175. The van der Waals surface area contributed by atoms with Crippen LogP contribution >= 0.6 is 15.9 Å². The number of hydrogen-bond donors (Lipinski definition) is 0. The first kappa shape index (κ1) is 29.2. The molecular formula is C44H33BrN2. The fourth-order valence-electron chi connectivity index (χ4n) is 6.89. The van der Waals surface area contributed by atoms with E-state index in [2.05, 4.69) is 180 Å². The van der Waals surface area contributed by atoms with Gasteiger partial charge in [-0.2, -0.15) is 0 Å². The van der Waals surface area contributed by atoms with Crippen molar-refractivity contribution in [2.45, 2.75) is 19.3 Å². The highest BCUT2D eigenvalue weighted by Gasteiger charge is 2.35. The molecule has 0 aliphatic heterocycles. The van der Waals surface area contributed by atoms with E-state index >= 15 is 0 Å². The summed E-state index contributed by atoms with van der Waals surface area (Å²) in [5, 5.41) is 0. The standard InChI is InChI=1S/C44H33BrN2/c1-44(2)41-24-19-33(35-20-25-43(46-29-35)47(37-12-5-3-6-13-37)38-14-7-4-8-15-38)27-40(41)39-23-18-34(28-42(39)44)32-11-9-10-31(26-32)30-16-21-36(45)22-17-30/h3-29H,1-2H3. The van der Waals surface area contributed by atoms with Crippen molar-refractivity contribution in [1.29, 1.82) is 0 Å². The summed E-state index contributed by atoms with van der Waals surface area (Å²) in [6.07, 6.45) is 2.00. The van der Waals surface area contributed by atoms with Gasteiger partial charge in [-0.25, -0.2) is 4.98 Å². The first-order valence-corrected chi connectivity index (χ1v) is 16.8. The van der Waals surface area contributed by atoms with Crippen molar-refractivity contribution in [2.24, 2.45) is 0 Å². The summed E-state index contributed by atoms with van der Waals surface area (Å²) in [7, 11) is 0. The number of halogens is 1. The summed E-state index contributed by atoms with van der Waals surface area (Å²) >= 11 is 3.56. The lowest BCUT2D eigenvalue weighted by Gasteiger charge is -2.24. The molecule has 0 saturated carbocycles. The number of anilines is 3. The molecule has 0 atom stereocenters. The van der Waals surface area contributed by atoms with Crippen LogP contribution in [0.15, 0.2) is 168 Å². The third-order valence-electron chi connectivity index (χ3n) is 9.39. The van der Waals surface area contributed by atoms with Gasteiger partial charge in [-0.3, -0.25) is 4.90 Å². The van der Waals surface area contributed by atoms with Crippen LogP contribution in [-0.4, -0.2) is 4.98 Å². The SMILES string of the molecule is CC1(C)c2ccc(-c3ccc(N(c4ccccc4)c4ccccc4)nc3)cc2-c2ccc(-c3cccc(-c4ccc(Br)cc4)c3)cc21. The van der Waals surface area contributed by atoms with E-state index in [4.69, 9.17) is 4.98 Å². The van der Waals surface area contributed by atoms with Crippen molar-refractivity contribution < 1.29 is 0 Å². The zero-order valence-corrected chi connectivity index (χ0v) is 27.9. The molecule has 1 aliphatic carbocycles. The lowest BCUT2D eigenvalue weighted by atomic mass is 9.81. The highest BCUT2D eigenvalue weighted by Crippen LogP contribution is 2.50. The van der Waals surface area contributed by atoms with Crippen LogP contribution in [0, 0.1) is 0 Å². The topological polar surface area (TPSA) is 16.1 Å². The maximum absolute atomic E-state index is 4.98. The monoisotopic (exact) mass is 668 g/mol. The van der Waals surface area contributed by atoms with E-state index in [-0.39, 0.29) is 5.41 Å². The second-order valence-corrected chi connectivity index (χ2v) is 13.6. The van der Waals surface area contributed by atoms with E-state index in [1.165, 1.54) is 50.1 Å². The van der Waals surface area contributed by atoms with Crippen LogP contribution in [0.4, 0.5) is 17.2 Å². The number of hydrogen-bond acceptors (Lipinski definition) is 2. The Balaban J connectivity index is 1.13. The molecule has 47 heavy (non-hydrogen) atoms. The maximum atomic E-state index is 4.98. The average molecular weight is 670 g/mol. The summed E-state index contributed by atoms with van der Waals surface area (Å²) in [6, 6.07) is 56.4. The number of para-hydroxylation sites is 2. The molecule has 0 N–H and O–H groups in total. The van der Waals surface area contributed by atoms with Crippen molar-refractivity contribution in [3.63, 3.8) is 0 Å². The highest BCUT2D eigenvalue weighted by molar-refractivity contribution is 9.10. The van der Waals surface area contributed by atoms with E-state index in [1.54, 1.807) is 0 Å². The van der Waals surface area contributed by atoms with Gasteiger partial charge in [0.25, 0.3) is 0 Å². The Hall–Kier alpha value is -5.25. The number of rotatable bonds is 6. The fraction of sp³-hybridized carbons (Fsp3) is 0.0682. The second kappa shape index (κ2) is 11.8. The van der Waals surface area contributed by atoms with Gasteiger partial charge in [-0.1, -0.05) is 121 Å². The average Bonchev–Trinajstić information content (AvgIpc) is 3.35. The molecule has 6 aromatic carbocycles. The van der Waals surface area contributed by atoms with Crippen molar-refractivity contribution in [2.75, 3.05) is 4.90 Å². The van der Waals surface area contributed by atoms with E-state index in [9.17, 15) is 0 Å². The molecule has 226 valence electrons. The minimum atomic E-state index is -0.101. The van der Waals surface area contributed by atoms with Crippen LogP contribution in [0.3, 0.4) is 0 Å². The zero-order chi connectivity index (χ0) is 32.0. The Labute approximate surface area is 285 Å². The smallest absolute Gasteiger partial charge is 0.137 e. The summed E-state index contributed by atoms with van der Waals surface area (Å²) in [5.74, 6) is 0.885.